The van der Waals surface area contributed by atoms with E-state index in [2.05, 4.69) is 15.9 Å². The Morgan fingerprint density at radius 2 is 1.90 bits per heavy atom. The van der Waals surface area contributed by atoms with Crippen molar-refractivity contribution >= 4 is 31.5 Å². The molecule has 0 saturated carbocycles. The van der Waals surface area contributed by atoms with Crippen LogP contribution in [0.2, 0.25) is 0 Å². The molecule has 0 bridgehead atoms. The van der Waals surface area contributed by atoms with Gasteiger partial charge in [0.25, 0.3) is 0 Å². The molecule has 2 rings (SSSR count). The van der Waals surface area contributed by atoms with Crippen molar-refractivity contribution in [1.29, 1.82) is 0 Å². The summed E-state index contributed by atoms with van der Waals surface area (Å²) in [5.41, 5.74) is 7.71. The Labute approximate surface area is 133 Å². The SMILES string of the molecule is COc1ccc(Br)c(CS(=O)(=O)c2ccc(N)c(C)c2)c1. The van der Waals surface area contributed by atoms with Gasteiger partial charge in [-0.05, 0) is 54.4 Å². The Balaban J connectivity index is 2.39. The first-order valence-electron chi connectivity index (χ1n) is 6.25. The fraction of sp³-hybridized carbons (Fsp3) is 0.200. The average Bonchev–Trinajstić information content (AvgIpc) is 2.44. The van der Waals surface area contributed by atoms with Gasteiger partial charge in [0, 0.05) is 10.2 Å². The number of rotatable bonds is 4. The Morgan fingerprint density at radius 1 is 1.19 bits per heavy atom. The normalized spacial score (nSPS) is 11.4. The molecule has 0 amide bonds. The van der Waals surface area contributed by atoms with E-state index < -0.39 is 9.84 Å². The predicted octanol–water partition coefficient (Wildman–Crippen LogP) is 3.32. The van der Waals surface area contributed by atoms with E-state index in [1.54, 1.807) is 44.4 Å². The van der Waals surface area contributed by atoms with Crippen molar-refractivity contribution in [3.8, 4) is 5.75 Å². The number of hydrogen-bond acceptors (Lipinski definition) is 4. The number of nitrogen functional groups attached to an aromatic ring is 1. The number of anilines is 1. The van der Waals surface area contributed by atoms with Crippen LogP contribution < -0.4 is 10.5 Å². The molecule has 21 heavy (non-hydrogen) atoms. The molecule has 2 aromatic rings. The number of hydrogen-bond donors (Lipinski definition) is 1. The Kier molecular flexibility index (Phi) is 4.58. The minimum Gasteiger partial charge on any atom is -0.497 e. The summed E-state index contributed by atoms with van der Waals surface area (Å²) in [5, 5.41) is 0. The van der Waals surface area contributed by atoms with Gasteiger partial charge in [-0.3, -0.25) is 0 Å². The van der Waals surface area contributed by atoms with Gasteiger partial charge in [0.1, 0.15) is 5.75 Å². The van der Waals surface area contributed by atoms with Gasteiger partial charge in [-0.15, -0.1) is 0 Å². The van der Waals surface area contributed by atoms with E-state index in [1.807, 2.05) is 0 Å². The largest absolute Gasteiger partial charge is 0.497 e. The molecule has 0 aliphatic carbocycles. The molecule has 112 valence electrons. The number of benzene rings is 2. The van der Waals surface area contributed by atoms with E-state index in [4.69, 9.17) is 10.5 Å². The standard InChI is InChI=1S/C15H16BrNO3S/c1-10-7-13(4-6-15(10)17)21(18,19)9-11-8-12(20-2)3-5-14(11)16/h3-8H,9,17H2,1-2H3. The molecule has 0 aromatic heterocycles. The predicted molar refractivity (Wildman–Crippen MR) is 87.2 cm³/mol. The number of ether oxygens (including phenoxy) is 1. The van der Waals surface area contributed by atoms with Crippen LogP contribution >= 0.6 is 15.9 Å². The molecule has 0 atom stereocenters. The van der Waals surface area contributed by atoms with Gasteiger partial charge in [0.2, 0.25) is 0 Å². The molecule has 0 radical (unpaired) electrons. The van der Waals surface area contributed by atoms with Gasteiger partial charge in [-0.1, -0.05) is 15.9 Å². The lowest BCUT2D eigenvalue weighted by Gasteiger charge is -2.10. The third-order valence-electron chi connectivity index (χ3n) is 3.20. The Bertz CT molecular complexity index is 772. The number of aryl methyl sites for hydroxylation is 1. The number of sulfone groups is 1. The average molecular weight is 370 g/mol. The first-order valence-corrected chi connectivity index (χ1v) is 8.69. The summed E-state index contributed by atoms with van der Waals surface area (Å²) >= 11 is 3.37. The summed E-state index contributed by atoms with van der Waals surface area (Å²) in [4.78, 5) is 0.268. The van der Waals surface area contributed by atoms with Crippen LogP contribution in [0, 0.1) is 6.92 Å². The van der Waals surface area contributed by atoms with Gasteiger partial charge in [0.05, 0.1) is 17.8 Å². The molecule has 2 aromatic carbocycles. The molecule has 0 aliphatic heterocycles. The zero-order chi connectivity index (χ0) is 15.6. The highest BCUT2D eigenvalue weighted by Gasteiger charge is 2.18. The summed E-state index contributed by atoms with van der Waals surface area (Å²) in [6.07, 6.45) is 0. The van der Waals surface area contributed by atoms with Gasteiger partial charge in [-0.2, -0.15) is 0 Å². The minimum absolute atomic E-state index is 0.103. The molecule has 6 heteroatoms. The van der Waals surface area contributed by atoms with E-state index in [-0.39, 0.29) is 10.6 Å². The van der Waals surface area contributed by atoms with E-state index in [1.165, 1.54) is 6.07 Å². The van der Waals surface area contributed by atoms with Gasteiger partial charge < -0.3 is 10.5 Å². The van der Waals surface area contributed by atoms with Crippen molar-refractivity contribution < 1.29 is 13.2 Å². The molecule has 0 spiro atoms. The molecule has 0 unspecified atom stereocenters. The third-order valence-corrected chi connectivity index (χ3v) is 5.64. The maximum atomic E-state index is 12.5. The molecule has 0 heterocycles. The number of halogens is 1. The topological polar surface area (TPSA) is 69.4 Å². The smallest absolute Gasteiger partial charge is 0.182 e. The van der Waals surface area contributed by atoms with E-state index in [9.17, 15) is 8.42 Å². The summed E-state index contributed by atoms with van der Waals surface area (Å²) in [7, 11) is -1.89. The van der Waals surface area contributed by atoms with Crippen molar-refractivity contribution in [1.82, 2.24) is 0 Å². The highest BCUT2D eigenvalue weighted by molar-refractivity contribution is 9.10. The Hall–Kier alpha value is -1.53. The second-order valence-electron chi connectivity index (χ2n) is 4.73. The van der Waals surface area contributed by atoms with Crippen molar-refractivity contribution in [3.05, 3.63) is 52.0 Å². The van der Waals surface area contributed by atoms with Crippen LogP contribution in [0.4, 0.5) is 5.69 Å². The molecule has 0 aliphatic rings. The van der Waals surface area contributed by atoms with Crippen LogP contribution in [0.15, 0.2) is 45.8 Å². The molecule has 0 fully saturated rings. The zero-order valence-corrected chi connectivity index (χ0v) is 14.2. The summed E-state index contributed by atoms with van der Waals surface area (Å²) in [6.45, 7) is 1.79. The maximum absolute atomic E-state index is 12.5. The van der Waals surface area contributed by atoms with Crippen molar-refractivity contribution in [2.75, 3.05) is 12.8 Å². The Morgan fingerprint density at radius 3 is 2.52 bits per heavy atom. The minimum atomic E-state index is -3.44. The highest BCUT2D eigenvalue weighted by Crippen LogP contribution is 2.27. The fourth-order valence-electron chi connectivity index (χ4n) is 1.92. The lowest BCUT2D eigenvalue weighted by atomic mass is 10.2. The maximum Gasteiger partial charge on any atom is 0.182 e. The van der Waals surface area contributed by atoms with Crippen molar-refractivity contribution in [2.24, 2.45) is 0 Å². The van der Waals surface area contributed by atoms with Gasteiger partial charge in [0.15, 0.2) is 9.84 Å². The first kappa shape index (κ1) is 15.9. The quantitative estimate of drug-likeness (QED) is 0.839. The lowest BCUT2D eigenvalue weighted by Crippen LogP contribution is -2.06. The number of methoxy groups -OCH3 is 1. The van der Waals surface area contributed by atoms with E-state index >= 15 is 0 Å². The van der Waals surface area contributed by atoms with Crippen molar-refractivity contribution in [3.63, 3.8) is 0 Å². The van der Waals surface area contributed by atoms with Crippen LogP contribution in [-0.2, 0) is 15.6 Å². The highest BCUT2D eigenvalue weighted by atomic mass is 79.9. The van der Waals surface area contributed by atoms with Gasteiger partial charge >= 0.3 is 0 Å². The third kappa shape index (κ3) is 3.57. The molecular weight excluding hydrogens is 354 g/mol. The van der Waals surface area contributed by atoms with E-state index in [0.29, 0.717) is 17.0 Å². The van der Waals surface area contributed by atoms with Crippen LogP contribution in [0.1, 0.15) is 11.1 Å². The summed E-state index contributed by atoms with van der Waals surface area (Å²) in [6, 6.07) is 10.0. The van der Waals surface area contributed by atoms with Crippen LogP contribution in [0.3, 0.4) is 0 Å². The zero-order valence-electron chi connectivity index (χ0n) is 11.8. The lowest BCUT2D eigenvalue weighted by molar-refractivity contribution is 0.414. The summed E-state index contributed by atoms with van der Waals surface area (Å²) < 4.78 is 30.9. The monoisotopic (exact) mass is 369 g/mol. The molecule has 4 nitrogen and oxygen atoms in total. The molecule has 0 saturated heterocycles. The van der Waals surface area contributed by atoms with E-state index in [0.717, 1.165) is 10.0 Å². The number of nitrogens with two attached hydrogens (primary N) is 1. The second kappa shape index (κ2) is 6.07. The first-order chi connectivity index (χ1) is 9.83. The second-order valence-corrected chi connectivity index (χ2v) is 7.58. The van der Waals surface area contributed by atoms with Crippen LogP contribution in [-0.4, -0.2) is 15.5 Å². The fourth-order valence-corrected chi connectivity index (χ4v) is 3.94. The van der Waals surface area contributed by atoms with Crippen LogP contribution in [0.25, 0.3) is 0 Å². The molecular formula is C15H16BrNO3S. The van der Waals surface area contributed by atoms with Gasteiger partial charge in [-0.25, -0.2) is 8.42 Å². The van der Waals surface area contributed by atoms with Crippen molar-refractivity contribution in [2.45, 2.75) is 17.6 Å². The molecule has 2 N–H and O–H groups in total. The van der Waals surface area contributed by atoms with Crippen LogP contribution in [0.5, 0.6) is 5.75 Å². The summed E-state index contributed by atoms with van der Waals surface area (Å²) in [5.74, 6) is 0.519.